The Morgan fingerprint density at radius 3 is 2.62 bits per heavy atom. The Bertz CT molecular complexity index is 226. The lowest BCUT2D eigenvalue weighted by Crippen LogP contribution is -1.91. The van der Waals surface area contributed by atoms with Gasteiger partial charge in [0.2, 0.25) is 0 Å². The molecule has 72 valence electrons. The number of allylic oxidation sites excluding steroid dienone is 2. The predicted octanol–water partition coefficient (Wildman–Crippen LogP) is 3.28. The molecule has 0 aliphatic heterocycles. The molecule has 2 atom stereocenters. The Morgan fingerprint density at radius 1 is 1.46 bits per heavy atom. The van der Waals surface area contributed by atoms with Crippen molar-refractivity contribution >= 4 is 0 Å². The summed E-state index contributed by atoms with van der Waals surface area (Å²) in [7, 11) is 0. The third-order valence-electron chi connectivity index (χ3n) is 3.17. The predicted molar refractivity (Wildman–Crippen MR) is 54.3 cm³/mol. The number of rotatable bonds is 3. The molecule has 0 saturated heterocycles. The van der Waals surface area contributed by atoms with Crippen LogP contribution in [0.4, 0.5) is 0 Å². The molecule has 2 aliphatic rings. The van der Waals surface area contributed by atoms with Gasteiger partial charge in [-0.2, -0.15) is 0 Å². The Balaban J connectivity index is 1.92. The number of fused-ring (bicyclic) bond motifs is 1. The second-order valence-electron chi connectivity index (χ2n) is 4.04. The SMILES string of the molecule is C=C(C=C1C2CCCCC12)OCC. The third kappa shape index (κ3) is 1.79. The molecule has 0 aromatic carbocycles. The van der Waals surface area contributed by atoms with Crippen LogP contribution in [0.5, 0.6) is 0 Å². The van der Waals surface area contributed by atoms with Crippen molar-refractivity contribution in [3.63, 3.8) is 0 Å². The van der Waals surface area contributed by atoms with Crippen molar-refractivity contribution in [3.8, 4) is 0 Å². The van der Waals surface area contributed by atoms with Gasteiger partial charge in [0.1, 0.15) is 5.76 Å². The van der Waals surface area contributed by atoms with Gasteiger partial charge in [0, 0.05) is 0 Å². The van der Waals surface area contributed by atoms with Gasteiger partial charge in [-0.25, -0.2) is 0 Å². The molecule has 0 N–H and O–H groups in total. The maximum absolute atomic E-state index is 5.33. The van der Waals surface area contributed by atoms with E-state index in [1.807, 2.05) is 6.92 Å². The Labute approximate surface area is 80.5 Å². The van der Waals surface area contributed by atoms with Crippen LogP contribution in [0.3, 0.4) is 0 Å². The van der Waals surface area contributed by atoms with Crippen LogP contribution in [0.2, 0.25) is 0 Å². The lowest BCUT2D eigenvalue weighted by Gasteiger charge is -2.04. The van der Waals surface area contributed by atoms with Gasteiger partial charge in [-0.3, -0.25) is 0 Å². The van der Waals surface area contributed by atoms with Gasteiger partial charge in [-0.15, -0.1) is 0 Å². The van der Waals surface area contributed by atoms with Gasteiger partial charge in [0.25, 0.3) is 0 Å². The Morgan fingerprint density at radius 2 is 2.08 bits per heavy atom. The first kappa shape index (κ1) is 8.86. The van der Waals surface area contributed by atoms with Crippen LogP contribution in [-0.2, 0) is 4.74 Å². The standard InChI is InChI=1S/C12H18O/c1-3-13-9(2)8-12-10-6-4-5-7-11(10)12/h8,10-11H,2-7H2,1H3. The Hall–Kier alpha value is -0.720. The fourth-order valence-corrected chi connectivity index (χ4v) is 2.49. The molecular weight excluding hydrogens is 160 g/mol. The first-order chi connectivity index (χ1) is 6.33. The summed E-state index contributed by atoms with van der Waals surface area (Å²) >= 11 is 0. The van der Waals surface area contributed by atoms with Crippen molar-refractivity contribution < 1.29 is 4.74 Å². The molecule has 0 spiro atoms. The molecule has 0 heterocycles. The zero-order valence-electron chi connectivity index (χ0n) is 8.38. The van der Waals surface area contributed by atoms with Crippen molar-refractivity contribution in [2.75, 3.05) is 6.61 Å². The molecule has 1 heteroatoms. The summed E-state index contributed by atoms with van der Waals surface area (Å²) in [6.45, 7) is 6.62. The van der Waals surface area contributed by atoms with Crippen LogP contribution in [0, 0.1) is 11.8 Å². The minimum Gasteiger partial charge on any atom is -0.495 e. The smallest absolute Gasteiger partial charge is 0.112 e. The zero-order chi connectivity index (χ0) is 9.26. The van der Waals surface area contributed by atoms with Crippen molar-refractivity contribution in [3.05, 3.63) is 24.0 Å². The highest BCUT2D eigenvalue weighted by atomic mass is 16.5. The van der Waals surface area contributed by atoms with Crippen LogP contribution in [0.1, 0.15) is 32.6 Å². The van der Waals surface area contributed by atoms with Gasteiger partial charge in [-0.05, 0) is 37.7 Å². The molecule has 2 rings (SSSR count). The van der Waals surface area contributed by atoms with Gasteiger partial charge in [0.15, 0.2) is 0 Å². The first-order valence-electron chi connectivity index (χ1n) is 5.36. The highest BCUT2D eigenvalue weighted by Crippen LogP contribution is 2.55. The van der Waals surface area contributed by atoms with Crippen molar-refractivity contribution in [1.29, 1.82) is 0 Å². The molecule has 2 unspecified atom stereocenters. The molecule has 0 aromatic rings. The summed E-state index contributed by atoms with van der Waals surface area (Å²) in [4.78, 5) is 0. The Kier molecular flexibility index (Phi) is 2.43. The summed E-state index contributed by atoms with van der Waals surface area (Å²) < 4.78 is 5.33. The van der Waals surface area contributed by atoms with Crippen LogP contribution in [0.15, 0.2) is 24.0 Å². The van der Waals surface area contributed by atoms with E-state index in [9.17, 15) is 0 Å². The van der Waals surface area contributed by atoms with Crippen LogP contribution >= 0.6 is 0 Å². The van der Waals surface area contributed by atoms with Gasteiger partial charge in [-0.1, -0.05) is 25.0 Å². The number of ether oxygens (including phenoxy) is 1. The number of hydrogen-bond donors (Lipinski definition) is 0. The van der Waals surface area contributed by atoms with Crippen molar-refractivity contribution in [2.45, 2.75) is 32.6 Å². The summed E-state index contributed by atoms with van der Waals surface area (Å²) in [5.41, 5.74) is 1.61. The normalized spacial score (nSPS) is 30.7. The first-order valence-corrected chi connectivity index (χ1v) is 5.36. The fraction of sp³-hybridized carbons (Fsp3) is 0.667. The molecule has 0 amide bonds. The monoisotopic (exact) mass is 178 g/mol. The fourth-order valence-electron chi connectivity index (χ4n) is 2.49. The molecule has 0 aromatic heterocycles. The van der Waals surface area contributed by atoms with Crippen LogP contribution < -0.4 is 0 Å². The maximum Gasteiger partial charge on any atom is 0.112 e. The average molecular weight is 178 g/mol. The molecule has 2 saturated carbocycles. The molecule has 1 nitrogen and oxygen atoms in total. The van der Waals surface area contributed by atoms with Crippen molar-refractivity contribution in [2.24, 2.45) is 11.8 Å². The molecule has 2 fully saturated rings. The second-order valence-corrected chi connectivity index (χ2v) is 4.04. The average Bonchev–Trinajstić information content (AvgIpc) is 2.80. The van der Waals surface area contributed by atoms with E-state index >= 15 is 0 Å². The molecule has 0 radical (unpaired) electrons. The lowest BCUT2D eigenvalue weighted by atomic mass is 10.0. The van der Waals surface area contributed by atoms with Gasteiger partial charge >= 0.3 is 0 Å². The minimum atomic E-state index is 0.734. The highest BCUT2D eigenvalue weighted by molar-refractivity contribution is 5.35. The largest absolute Gasteiger partial charge is 0.495 e. The van der Waals surface area contributed by atoms with Crippen LogP contribution in [0.25, 0.3) is 0 Å². The molecular formula is C12H18O. The van der Waals surface area contributed by atoms with E-state index in [0.29, 0.717) is 0 Å². The summed E-state index contributed by atoms with van der Waals surface area (Å²) in [6.07, 6.45) is 7.80. The summed E-state index contributed by atoms with van der Waals surface area (Å²) in [6, 6.07) is 0. The van der Waals surface area contributed by atoms with E-state index in [1.165, 1.54) is 25.7 Å². The van der Waals surface area contributed by atoms with Crippen molar-refractivity contribution in [1.82, 2.24) is 0 Å². The van der Waals surface area contributed by atoms with E-state index < -0.39 is 0 Å². The quantitative estimate of drug-likeness (QED) is 0.603. The number of hydrogen-bond acceptors (Lipinski definition) is 1. The highest BCUT2D eigenvalue weighted by Gasteiger charge is 2.44. The zero-order valence-corrected chi connectivity index (χ0v) is 8.38. The van der Waals surface area contributed by atoms with E-state index in [2.05, 4.69) is 12.7 Å². The van der Waals surface area contributed by atoms with E-state index in [1.54, 1.807) is 5.57 Å². The van der Waals surface area contributed by atoms with Gasteiger partial charge in [0.05, 0.1) is 6.61 Å². The molecule has 0 bridgehead atoms. The van der Waals surface area contributed by atoms with E-state index in [0.717, 1.165) is 24.2 Å². The van der Waals surface area contributed by atoms with Crippen LogP contribution in [-0.4, -0.2) is 6.61 Å². The molecule has 2 aliphatic carbocycles. The topological polar surface area (TPSA) is 9.23 Å². The summed E-state index contributed by atoms with van der Waals surface area (Å²) in [5, 5.41) is 0. The minimum absolute atomic E-state index is 0.734. The molecule has 13 heavy (non-hydrogen) atoms. The van der Waals surface area contributed by atoms with Gasteiger partial charge < -0.3 is 4.74 Å². The second kappa shape index (κ2) is 3.57. The summed E-state index contributed by atoms with van der Waals surface area (Å²) in [5.74, 6) is 2.64. The van der Waals surface area contributed by atoms with E-state index in [4.69, 9.17) is 4.74 Å². The lowest BCUT2D eigenvalue weighted by molar-refractivity contribution is 0.244. The third-order valence-corrected chi connectivity index (χ3v) is 3.17. The maximum atomic E-state index is 5.33. The van der Waals surface area contributed by atoms with E-state index in [-0.39, 0.29) is 0 Å².